The first-order chi connectivity index (χ1) is 10.1. The number of aryl methyl sites for hydroxylation is 1. The molecule has 1 aromatic carbocycles. The van der Waals surface area contributed by atoms with Crippen LogP contribution in [-0.4, -0.2) is 15.9 Å². The fraction of sp³-hybridized carbons (Fsp3) is 0.0625. The minimum absolute atomic E-state index is 0.265. The van der Waals surface area contributed by atoms with Gasteiger partial charge in [0, 0.05) is 21.7 Å². The Labute approximate surface area is 130 Å². The maximum absolute atomic E-state index is 12.3. The van der Waals surface area contributed by atoms with Crippen LogP contribution in [0.2, 0.25) is 0 Å². The summed E-state index contributed by atoms with van der Waals surface area (Å²) in [4.78, 5) is 20.9. The number of aromatic nitrogens is 2. The second-order valence-electron chi connectivity index (χ2n) is 4.62. The maximum atomic E-state index is 12.3. The summed E-state index contributed by atoms with van der Waals surface area (Å²) in [6.45, 7) is 1.92. The third-order valence-electron chi connectivity index (χ3n) is 3.08. The highest BCUT2D eigenvalue weighted by Crippen LogP contribution is 2.23. The molecule has 0 saturated carbocycles. The SMILES string of the molecule is Cc1ccc2cccc(NC(=O)c3ncccc3Br)c2n1. The molecule has 2 aromatic heterocycles. The number of para-hydroxylation sites is 1. The number of pyridine rings is 2. The number of halogens is 1. The summed E-state index contributed by atoms with van der Waals surface area (Å²) >= 11 is 3.33. The van der Waals surface area contributed by atoms with E-state index in [0.29, 0.717) is 15.9 Å². The summed E-state index contributed by atoms with van der Waals surface area (Å²) < 4.78 is 0.659. The summed E-state index contributed by atoms with van der Waals surface area (Å²) in [7, 11) is 0. The van der Waals surface area contributed by atoms with E-state index < -0.39 is 0 Å². The van der Waals surface area contributed by atoms with Gasteiger partial charge in [0.2, 0.25) is 0 Å². The zero-order chi connectivity index (χ0) is 14.8. The van der Waals surface area contributed by atoms with E-state index in [1.165, 1.54) is 0 Å². The first-order valence-electron chi connectivity index (χ1n) is 6.43. The van der Waals surface area contributed by atoms with Gasteiger partial charge in [-0.2, -0.15) is 0 Å². The van der Waals surface area contributed by atoms with Crippen LogP contribution in [0.1, 0.15) is 16.2 Å². The number of nitrogens with one attached hydrogen (secondary N) is 1. The minimum Gasteiger partial charge on any atom is -0.319 e. The smallest absolute Gasteiger partial charge is 0.275 e. The first-order valence-corrected chi connectivity index (χ1v) is 7.23. The lowest BCUT2D eigenvalue weighted by molar-refractivity contribution is 0.102. The number of carbonyl (C=O) groups is 1. The molecule has 4 nitrogen and oxygen atoms in total. The molecule has 3 aromatic rings. The highest BCUT2D eigenvalue weighted by Gasteiger charge is 2.13. The second kappa shape index (κ2) is 5.61. The molecule has 0 aliphatic carbocycles. The third kappa shape index (κ3) is 2.78. The van der Waals surface area contributed by atoms with Gasteiger partial charge in [-0.25, -0.2) is 4.98 Å². The molecule has 0 aliphatic heterocycles. The molecule has 0 spiro atoms. The monoisotopic (exact) mass is 341 g/mol. The van der Waals surface area contributed by atoms with Crippen LogP contribution >= 0.6 is 15.9 Å². The van der Waals surface area contributed by atoms with Gasteiger partial charge in [-0.05, 0) is 47.1 Å². The summed E-state index contributed by atoms with van der Waals surface area (Å²) in [5.74, 6) is -0.265. The summed E-state index contributed by atoms with van der Waals surface area (Å²) in [6, 6.07) is 13.2. The van der Waals surface area contributed by atoms with Gasteiger partial charge in [-0.3, -0.25) is 9.78 Å². The number of amides is 1. The standard InChI is InChI=1S/C16H12BrN3O/c1-10-7-8-11-4-2-6-13(14(11)19-10)20-16(21)15-12(17)5-3-9-18-15/h2-9H,1H3,(H,20,21). The van der Waals surface area contributed by atoms with E-state index >= 15 is 0 Å². The molecule has 21 heavy (non-hydrogen) atoms. The van der Waals surface area contributed by atoms with Crippen molar-refractivity contribution in [2.45, 2.75) is 6.92 Å². The van der Waals surface area contributed by atoms with Gasteiger partial charge in [0.15, 0.2) is 0 Å². The lowest BCUT2D eigenvalue weighted by Gasteiger charge is -2.09. The second-order valence-corrected chi connectivity index (χ2v) is 5.47. The van der Waals surface area contributed by atoms with Crippen molar-refractivity contribution in [1.82, 2.24) is 9.97 Å². The van der Waals surface area contributed by atoms with E-state index in [2.05, 4.69) is 31.2 Å². The topological polar surface area (TPSA) is 54.9 Å². The van der Waals surface area contributed by atoms with Gasteiger partial charge in [0.1, 0.15) is 5.69 Å². The molecular formula is C16H12BrN3O. The average molecular weight is 342 g/mol. The number of benzene rings is 1. The van der Waals surface area contributed by atoms with Crippen molar-refractivity contribution in [2.75, 3.05) is 5.32 Å². The van der Waals surface area contributed by atoms with Crippen molar-refractivity contribution < 1.29 is 4.79 Å². The van der Waals surface area contributed by atoms with Gasteiger partial charge in [-0.1, -0.05) is 18.2 Å². The molecule has 0 bridgehead atoms. The Hall–Kier alpha value is -2.27. The van der Waals surface area contributed by atoms with Crippen molar-refractivity contribution in [2.24, 2.45) is 0 Å². The lowest BCUT2D eigenvalue weighted by Crippen LogP contribution is -2.14. The van der Waals surface area contributed by atoms with Crippen molar-refractivity contribution >= 4 is 38.4 Å². The molecule has 1 N–H and O–H groups in total. The van der Waals surface area contributed by atoms with Crippen molar-refractivity contribution in [3.8, 4) is 0 Å². The zero-order valence-corrected chi connectivity index (χ0v) is 12.9. The van der Waals surface area contributed by atoms with E-state index in [9.17, 15) is 4.79 Å². The molecule has 2 heterocycles. The predicted molar refractivity (Wildman–Crippen MR) is 86.4 cm³/mol. The maximum Gasteiger partial charge on any atom is 0.275 e. The molecule has 0 fully saturated rings. The Morgan fingerprint density at radius 3 is 2.81 bits per heavy atom. The normalized spacial score (nSPS) is 10.6. The number of hydrogen-bond acceptors (Lipinski definition) is 3. The van der Waals surface area contributed by atoms with E-state index in [0.717, 1.165) is 16.6 Å². The zero-order valence-electron chi connectivity index (χ0n) is 11.3. The van der Waals surface area contributed by atoms with Gasteiger partial charge in [0.05, 0.1) is 11.2 Å². The first kappa shape index (κ1) is 13.7. The van der Waals surface area contributed by atoms with Crippen molar-refractivity contribution in [3.05, 3.63) is 64.5 Å². The van der Waals surface area contributed by atoms with Crippen LogP contribution in [-0.2, 0) is 0 Å². The number of anilines is 1. The van der Waals surface area contributed by atoms with E-state index in [1.54, 1.807) is 18.3 Å². The largest absolute Gasteiger partial charge is 0.319 e. The van der Waals surface area contributed by atoms with E-state index in [1.807, 2.05) is 37.3 Å². The van der Waals surface area contributed by atoms with Crippen LogP contribution in [0.5, 0.6) is 0 Å². The molecule has 0 aliphatic rings. The van der Waals surface area contributed by atoms with Crippen LogP contribution in [0.25, 0.3) is 10.9 Å². The molecular weight excluding hydrogens is 330 g/mol. The molecule has 104 valence electrons. The fourth-order valence-electron chi connectivity index (χ4n) is 2.08. The van der Waals surface area contributed by atoms with Gasteiger partial charge in [0.25, 0.3) is 5.91 Å². The average Bonchev–Trinajstić information content (AvgIpc) is 2.48. The van der Waals surface area contributed by atoms with Crippen molar-refractivity contribution in [1.29, 1.82) is 0 Å². The lowest BCUT2D eigenvalue weighted by atomic mass is 10.1. The van der Waals surface area contributed by atoms with Gasteiger partial charge in [-0.15, -0.1) is 0 Å². The Morgan fingerprint density at radius 1 is 1.14 bits per heavy atom. The van der Waals surface area contributed by atoms with Crippen LogP contribution in [0.15, 0.2) is 53.1 Å². The molecule has 0 unspecified atom stereocenters. The number of rotatable bonds is 2. The Morgan fingerprint density at radius 2 is 2.00 bits per heavy atom. The molecule has 1 amide bonds. The van der Waals surface area contributed by atoms with Crippen molar-refractivity contribution in [3.63, 3.8) is 0 Å². The Balaban J connectivity index is 2.00. The number of carbonyl (C=O) groups excluding carboxylic acids is 1. The van der Waals surface area contributed by atoms with E-state index in [-0.39, 0.29) is 5.91 Å². The molecule has 3 rings (SSSR count). The van der Waals surface area contributed by atoms with Crippen LogP contribution in [0.3, 0.4) is 0 Å². The van der Waals surface area contributed by atoms with Crippen LogP contribution < -0.4 is 5.32 Å². The highest BCUT2D eigenvalue weighted by atomic mass is 79.9. The van der Waals surface area contributed by atoms with Crippen LogP contribution in [0, 0.1) is 6.92 Å². The molecule has 0 saturated heterocycles. The van der Waals surface area contributed by atoms with Crippen LogP contribution in [0.4, 0.5) is 5.69 Å². The fourth-order valence-corrected chi connectivity index (χ4v) is 2.51. The molecule has 0 atom stereocenters. The number of fused-ring (bicyclic) bond motifs is 1. The summed E-state index contributed by atoms with van der Waals surface area (Å²) in [5.41, 5.74) is 2.71. The van der Waals surface area contributed by atoms with Gasteiger partial charge >= 0.3 is 0 Å². The molecule has 0 radical (unpaired) electrons. The van der Waals surface area contributed by atoms with Gasteiger partial charge < -0.3 is 5.32 Å². The minimum atomic E-state index is -0.265. The third-order valence-corrected chi connectivity index (χ3v) is 3.72. The molecule has 5 heteroatoms. The Kier molecular flexibility index (Phi) is 3.66. The summed E-state index contributed by atoms with van der Waals surface area (Å²) in [6.07, 6.45) is 1.59. The number of nitrogens with zero attached hydrogens (tertiary/aromatic N) is 2. The highest BCUT2D eigenvalue weighted by molar-refractivity contribution is 9.10. The number of hydrogen-bond donors (Lipinski definition) is 1. The summed E-state index contributed by atoms with van der Waals surface area (Å²) in [5, 5.41) is 3.86. The van der Waals surface area contributed by atoms with E-state index in [4.69, 9.17) is 0 Å². The quantitative estimate of drug-likeness (QED) is 0.767. The Bertz CT molecular complexity index is 833. The predicted octanol–water partition coefficient (Wildman–Crippen LogP) is 3.95.